The average Bonchev–Trinajstić information content (AvgIpc) is 2.59. The van der Waals surface area contributed by atoms with Crippen molar-refractivity contribution in [1.29, 1.82) is 0 Å². The summed E-state index contributed by atoms with van der Waals surface area (Å²) in [4.78, 5) is 24.2. The van der Waals surface area contributed by atoms with Gasteiger partial charge in [-0.25, -0.2) is 0 Å². The fourth-order valence-corrected chi connectivity index (χ4v) is 2.77. The monoisotopic (exact) mass is 373 g/mol. The predicted octanol–water partition coefficient (Wildman–Crippen LogP) is 4.67. The Balaban J connectivity index is 1.89. The second-order valence-electron chi connectivity index (χ2n) is 7.16. The Morgan fingerprint density at radius 3 is 2.27 bits per heavy atom. The molecule has 4 nitrogen and oxygen atoms in total. The zero-order valence-electron chi connectivity index (χ0n) is 15.5. The first-order valence-electron chi connectivity index (χ1n) is 8.51. The van der Waals surface area contributed by atoms with Crippen LogP contribution in [0.2, 0.25) is 5.02 Å². The van der Waals surface area contributed by atoms with Crippen LogP contribution in [0.25, 0.3) is 0 Å². The van der Waals surface area contributed by atoms with E-state index in [1.807, 2.05) is 24.3 Å². The van der Waals surface area contributed by atoms with Gasteiger partial charge in [-0.15, -0.1) is 0 Å². The summed E-state index contributed by atoms with van der Waals surface area (Å²) < 4.78 is 5.33. The van der Waals surface area contributed by atoms with Crippen LogP contribution >= 0.6 is 11.6 Å². The number of esters is 1. The summed E-state index contributed by atoms with van der Waals surface area (Å²) in [6.07, 6.45) is -0.487. The molecule has 138 valence electrons. The molecule has 2 aromatic carbocycles. The number of amides is 1. The molecule has 0 aromatic heterocycles. The van der Waals surface area contributed by atoms with Crippen LogP contribution in [-0.4, -0.2) is 18.4 Å². The molecular formula is C21H24ClNO3. The molecule has 0 bridgehead atoms. The normalized spacial score (nSPS) is 12.3. The molecule has 0 saturated carbocycles. The van der Waals surface area contributed by atoms with E-state index in [1.165, 1.54) is 0 Å². The fourth-order valence-electron chi connectivity index (χ4n) is 2.48. The van der Waals surface area contributed by atoms with E-state index in [0.29, 0.717) is 10.6 Å². The first-order chi connectivity index (χ1) is 12.2. The van der Waals surface area contributed by atoms with Gasteiger partial charge in [0.25, 0.3) is 5.91 Å². The molecule has 0 fully saturated rings. The summed E-state index contributed by atoms with van der Waals surface area (Å²) in [5, 5.41) is 3.12. The summed E-state index contributed by atoms with van der Waals surface area (Å²) in [7, 11) is 0. The molecule has 0 aliphatic heterocycles. The van der Waals surface area contributed by atoms with Gasteiger partial charge in [0, 0.05) is 16.1 Å². The van der Waals surface area contributed by atoms with E-state index in [9.17, 15) is 9.59 Å². The molecule has 0 aliphatic rings. The van der Waals surface area contributed by atoms with Crippen LogP contribution in [-0.2, 0) is 14.9 Å². The van der Waals surface area contributed by atoms with Crippen LogP contribution in [0.1, 0.15) is 55.3 Å². The Hall–Kier alpha value is -2.33. The van der Waals surface area contributed by atoms with Gasteiger partial charge in [0.2, 0.25) is 0 Å². The number of hydrogen-bond acceptors (Lipinski definition) is 3. The first kappa shape index (κ1) is 20.0. The average molecular weight is 374 g/mol. The van der Waals surface area contributed by atoms with E-state index in [2.05, 4.69) is 26.1 Å². The highest BCUT2D eigenvalue weighted by Gasteiger charge is 2.17. The van der Waals surface area contributed by atoms with Crippen LogP contribution in [0.5, 0.6) is 0 Å². The Morgan fingerprint density at radius 1 is 1.08 bits per heavy atom. The van der Waals surface area contributed by atoms with Gasteiger partial charge < -0.3 is 10.1 Å². The van der Waals surface area contributed by atoms with Crippen molar-refractivity contribution in [2.75, 3.05) is 6.54 Å². The molecule has 26 heavy (non-hydrogen) atoms. The zero-order chi connectivity index (χ0) is 19.3. The number of hydrogen-bond donors (Lipinski definition) is 1. The first-order valence-corrected chi connectivity index (χ1v) is 8.89. The lowest BCUT2D eigenvalue weighted by Crippen LogP contribution is -2.31. The zero-order valence-corrected chi connectivity index (χ0v) is 16.3. The Labute approximate surface area is 159 Å². The molecule has 1 amide bonds. The second-order valence-corrected chi connectivity index (χ2v) is 7.57. The number of carbonyl (C=O) groups is 2. The maximum Gasteiger partial charge on any atom is 0.326 e. The summed E-state index contributed by atoms with van der Waals surface area (Å²) in [5.74, 6) is -0.829. The van der Waals surface area contributed by atoms with Gasteiger partial charge in [0.15, 0.2) is 0 Å². The third kappa shape index (κ3) is 5.33. The highest BCUT2D eigenvalue weighted by Crippen LogP contribution is 2.25. The van der Waals surface area contributed by atoms with E-state index < -0.39 is 12.1 Å². The maximum absolute atomic E-state index is 12.2. The van der Waals surface area contributed by atoms with E-state index in [0.717, 1.165) is 11.1 Å². The molecule has 1 atom stereocenters. The summed E-state index contributed by atoms with van der Waals surface area (Å²) in [6.45, 7) is 7.87. The fraction of sp³-hybridized carbons (Fsp3) is 0.333. The predicted molar refractivity (Wildman–Crippen MR) is 103 cm³/mol. The highest BCUT2D eigenvalue weighted by atomic mass is 35.5. The van der Waals surface area contributed by atoms with Gasteiger partial charge in [0.05, 0.1) is 0 Å². The number of benzene rings is 2. The minimum atomic E-state index is -0.517. The number of carbonyl (C=O) groups excluding carboxylic acids is 2. The van der Waals surface area contributed by atoms with Crippen molar-refractivity contribution >= 4 is 23.5 Å². The third-order valence-electron chi connectivity index (χ3n) is 4.06. The number of nitrogens with one attached hydrogen (secondary N) is 1. The van der Waals surface area contributed by atoms with Crippen LogP contribution in [0.3, 0.4) is 0 Å². The van der Waals surface area contributed by atoms with Crippen molar-refractivity contribution in [3.8, 4) is 0 Å². The minimum Gasteiger partial charge on any atom is -0.456 e. The number of halogens is 1. The molecule has 0 radical (unpaired) electrons. The topological polar surface area (TPSA) is 55.4 Å². The SMILES string of the molecule is C[C@@H](OC(=O)CNC(=O)c1ccc(C(C)(C)C)cc1)c1ccccc1Cl. The van der Waals surface area contributed by atoms with E-state index in [1.54, 1.807) is 31.2 Å². The molecule has 0 aliphatic carbocycles. The Bertz CT molecular complexity index is 779. The maximum atomic E-state index is 12.2. The molecule has 2 rings (SSSR count). The van der Waals surface area contributed by atoms with Crippen molar-refractivity contribution in [2.45, 2.75) is 39.2 Å². The van der Waals surface area contributed by atoms with Gasteiger partial charge in [-0.3, -0.25) is 9.59 Å². The van der Waals surface area contributed by atoms with E-state index in [4.69, 9.17) is 16.3 Å². The van der Waals surface area contributed by atoms with Crippen LogP contribution in [0.4, 0.5) is 0 Å². The second kappa shape index (κ2) is 8.37. The van der Waals surface area contributed by atoms with Crippen LogP contribution in [0, 0.1) is 0 Å². The van der Waals surface area contributed by atoms with Crippen molar-refractivity contribution in [2.24, 2.45) is 0 Å². The van der Waals surface area contributed by atoms with Crippen molar-refractivity contribution in [3.63, 3.8) is 0 Å². The van der Waals surface area contributed by atoms with Crippen LogP contribution < -0.4 is 5.32 Å². The number of rotatable bonds is 5. The van der Waals surface area contributed by atoms with Gasteiger partial charge in [-0.05, 0) is 36.1 Å². The quantitative estimate of drug-likeness (QED) is 0.774. The molecule has 2 aromatic rings. The van der Waals surface area contributed by atoms with Crippen molar-refractivity contribution in [3.05, 3.63) is 70.2 Å². The van der Waals surface area contributed by atoms with Gasteiger partial charge >= 0.3 is 5.97 Å². The smallest absolute Gasteiger partial charge is 0.326 e. The molecule has 0 unspecified atom stereocenters. The number of ether oxygens (including phenoxy) is 1. The van der Waals surface area contributed by atoms with E-state index in [-0.39, 0.29) is 17.9 Å². The van der Waals surface area contributed by atoms with Crippen molar-refractivity contribution in [1.82, 2.24) is 5.32 Å². The lowest BCUT2D eigenvalue weighted by molar-refractivity contribution is -0.147. The Kier molecular flexibility index (Phi) is 6.43. The minimum absolute atomic E-state index is 0.0215. The standard InChI is InChI=1S/C21H24ClNO3/c1-14(17-7-5-6-8-18(17)22)26-19(24)13-23-20(25)15-9-11-16(12-10-15)21(2,3)4/h5-12,14H,13H2,1-4H3,(H,23,25)/t14-/m1/s1. The molecule has 5 heteroatoms. The highest BCUT2D eigenvalue weighted by molar-refractivity contribution is 6.31. The molecule has 0 heterocycles. The summed E-state index contributed by atoms with van der Waals surface area (Å²) in [5.41, 5.74) is 2.40. The molecule has 1 N–H and O–H groups in total. The summed E-state index contributed by atoms with van der Waals surface area (Å²) in [6, 6.07) is 14.5. The van der Waals surface area contributed by atoms with Crippen molar-refractivity contribution < 1.29 is 14.3 Å². The summed E-state index contributed by atoms with van der Waals surface area (Å²) >= 11 is 6.09. The Morgan fingerprint density at radius 2 is 1.69 bits per heavy atom. The largest absolute Gasteiger partial charge is 0.456 e. The third-order valence-corrected chi connectivity index (χ3v) is 4.40. The van der Waals surface area contributed by atoms with Crippen LogP contribution in [0.15, 0.2) is 48.5 Å². The molecule has 0 saturated heterocycles. The van der Waals surface area contributed by atoms with E-state index >= 15 is 0 Å². The molecular weight excluding hydrogens is 350 g/mol. The lowest BCUT2D eigenvalue weighted by Gasteiger charge is -2.19. The van der Waals surface area contributed by atoms with Gasteiger partial charge in [-0.2, -0.15) is 0 Å². The molecule has 0 spiro atoms. The van der Waals surface area contributed by atoms with Gasteiger partial charge in [-0.1, -0.05) is 62.7 Å². The lowest BCUT2D eigenvalue weighted by atomic mass is 9.87. The van der Waals surface area contributed by atoms with Gasteiger partial charge in [0.1, 0.15) is 12.6 Å².